The van der Waals surface area contributed by atoms with Crippen molar-refractivity contribution in [2.24, 2.45) is 5.92 Å². The molecule has 0 aromatic carbocycles. The van der Waals surface area contributed by atoms with Crippen LogP contribution in [-0.2, 0) is 6.42 Å². The zero-order valence-electron chi connectivity index (χ0n) is 6.36. The predicted molar refractivity (Wildman–Crippen MR) is 37.7 cm³/mol. The van der Waals surface area contributed by atoms with Crippen molar-refractivity contribution in [1.29, 1.82) is 0 Å². The van der Waals surface area contributed by atoms with E-state index in [1.54, 1.807) is 0 Å². The highest BCUT2D eigenvalue weighted by molar-refractivity contribution is 5.81. The molecule has 1 saturated carbocycles. The van der Waals surface area contributed by atoms with Crippen molar-refractivity contribution >= 4 is 5.97 Å². The molecule has 12 heavy (non-hydrogen) atoms. The lowest BCUT2D eigenvalue weighted by atomic mass is 10.3. The van der Waals surface area contributed by atoms with Crippen LogP contribution >= 0.6 is 0 Å². The van der Waals surface area contributed by atoms with Crippen molar-refractivity contribution in [3.63, 3.8) is 0 Å². The van der Waals surface area contributed by atoms with Crippen LogP contribution in [0.1, 0.15) is 29.4 Å². The lowest BCUT2D eigenvalue weighted by molar-refractivity contribution is 0.0643. The summed E-state index contributed by atoms with van der Waals surface area (Å²) in [6, 6.07) is 0. The molecule has 1 aliphatic rings. The summed E-state index contributed by atoms with van der Waals surface area (Å²) in [7, 11) is 0. The Morgan fingerprint density at radius 2 is 2.42 bits per heavy atom. The zero-order valence-corrected chi connectivity index (χ0v) is 6.36. The average Bonchev–Trinajstić information content (AvgIpc) is 2.66. The first kappa shape index (κ1) is 7.27. The van der Waals surface area contributed by atoms with Crippen molar-refractivity contribution in [3.05, 3.63) is 11.7 Å². The van der Waals surface area contributed by atoms with E-state index in [1.165, 1.54) is 12.8 Å². The Kier molecular flexibility index (Phi) is 1.56. The van der Waals surface area contributed by atoms with E-state index in [4.69, 9.17) is 5.11 Å². The topological polar surface area (TPSA) is 76.2 Å². The normalized spacial score (nSPS) is 16.3. The van der Waals surface area contributed by atoms with Crippen molar-refractivity contribution in [3.8, 4) is 0 Å². The van der Waals surface area contributed by atoms with Gasteiger partial charge in [-0.25, -0.2) is 4.79 Å². The van der Waals surface area contributed by atoms with E-state index in [0.717, 1.165) is 6.42 Å². The highest BCUT2D eigenvalue weighted by Crippen LogP contribution is 2.31. The van der Waals surface area contributed by atoms with Gasteiger partial charge in [0.1, 0.15) is 0 Å². The maximum Gasteiger partial charge on any atom is 0.394 e. The standard InChI is InChI=1S/C7H8N2O3/c10-7(11)6-8-5(9-12-6)3-4-1-2-4/h4H,1-3H2,(H,10,11). The molecule has 1 fully saturated rings. The van der Waals surface area contributed by atoms with Crippen LogP contribution in [0.4, 0.5) is 0 Å². The molecular formula is C7H8N2O3. The first-order chi connectivity index (χ1) is 5.75. The van der Waals surface area contributed by atoms with Crippen molar-refractivity contribution in [2.45, 2.75) is 19.3 Å². The van der Waals surface area contributed by atoms with E-state index >= 15 is 0 Å². The van der Waals surface area contributed by atoms with Crippen LogP contribution in [0.3, 0.4) is 0 Å². The van der Waals surface area contributed by atoms with Crippen LogP contribution in [0.2, 0.25) is 0 Å². The second kappa shape index (κ2) is 2.58. The van der Waals surface area contributed by atoms with Gasteiger partial charge in [-0.15, -0.1) is 0 Å². The first-order valence-corrected chi connectivity index (χ1v) is 3.81. The van der Waals surface area contributed by atoms with Crippen LogP contribution < -0.4 is 0 Å². The fraction of sp³-hybridized carbons (Fsp3) is 0.571. The fourth-order valence-corrected chi connectivity index (χ4v) is 1.00. The van der Waals surface area contributed by atoms with Gasteiger partial charge in [-0.3, -0.25) is 0 Å². The summed E-state index contributed by atoms with van der Waals surface area (Å²) in [5.41, 5.74) is 0. The molecule has 1 heterocycles. The molecule has 0 atom stereocenters. The quantitative estimate of drug-likeness (QED) is 0.719. The van der Waals surface area contributed by atoms with Gasteiger partial charge in [-0.05, 0) is 18.8 Å². The molecule has 0 aliphatic heterocycles. The molecule has 1 N–H and O–H groups in total. The van der Waals surface area contributed by atoms with E-state index < -0.39 is 5.97 Å². The fourth-order valence-electron chi connectivity index (χ4n) is 1.00. The third-order valence-corrected chi connectivity index (χ3v) is 1.82. The zero-order chi connectivity index (χ0) is 8.55. The number of nitrogens with zero attached hydrogens (tertiary/aromatic N) is 2. The number of aromatic carboxylic acids is 1. The summed E-state index contributed by atoms with van der Waals surface area (Å²) in [5, 5.41) is 12.0. The van der Waals surface area contributed by atoms with E-state index in [9.17, 15) is 4.79 Å². The lowest BCUT2D eigenvalue weighted by Gasteiger charge is -1.84. The van der Waals surface area contributed by atoms with E-state index in [1.807, 2.05) is 0 Å². The number of carbonyl (C=O) groups is 1. The third-order valence-electron chi connectivity index (χ3n) is 1.82. The highest BCUT2D eigenvalue weighted by atomic mass is 16.5. The van der Waals surface area contributed by atoms with Crippen LogP contribution in [0.25, 0.3) is 0 Å². The number of hydrogen-bond acceptors (Lipinski definition) is 4. The Labute approximate surface area is 68.4 Å². The molecule has 1 aromatic rings. The average molecular weight is 168 g/mol. The van der Waals surface area contributed by atoms with Crippen LogP contribution in [0, 0.1) is 5.92 Å². The van der Waals surface area contributed by atoms with Gasteiger partial charge in [0.25, 0.3) is 0 Å². The largest absolute Gasteiger partial charge is 0.474 e. The molecule has 5 nitrogen and oxygen atoms in total. The van der Waals surface area contributed by atoms with Crippen LogP contribution in [0.5, 0.6) is 0 Å². The second-order valence-electron chi connectivity index (χ2n) is 2.97. The highest BCUT2D eigenvalue weighted by Gasteiger charge is 2.24. The summed E-state index contributed by atoms with van der Waals surface area (Å²) < 4.78 is 4.49. The second-order valence-corrected chi connectivity index (χ2v) is 2.97. The molecule has 0 spiro atoms. The lowest BCUT2D eigenvalue weighted by Crippen LogP contribution is -1.97. The first-order valence-electron chi connectivity index (χ1n) is 3.81. The van der Waals surface area contributed by atoms with Crippen molar-refractivity contribution < 1.29 is 14.4 Å². The van der Waals surface area contributed by atoms with Crippen LogP contribution in [0.15, 0.2) is 4.52 Å². The van der Waals surface area contributed by atoms with Crippen molar-refractivity contribution in [2.75, 3.05) is 0 Å². The van der Waals surface area contributed by atoms with Crippen molar-refractivity contribution in [1.82, 2.24) is 10.1 Å². The van der Waals surface area contributed by atoms with Crippen LogP contribution in [-0.4, -0.2) is 21.2 Å². The van der Waals surface area contributed by atoms with E-state index in [2.05, 4.69) is 14.7 Å². The Hall–Kier alpha value is -1.39. The number of carboxylic acid groups (broad SMARTS) is 1. The molecule has 0 saturated heterocycles. The van der Waals surface area contributed by atoms with Gasteiger partial charge in [0.15, 0.2) is 5.82 Å². The van der Waals surface area contributed by atoms with Gasteiger partial charge in [-0.2, -0.15) is 4.98 Å². The molecule has 0 amide bonds. The molecule has 1 aliphatic carbocycles. The monoisotopic (exact) mass is 168 g/mol. The Bertz CT molecular complexity index is 303. The molecular weight excluding hydrogens is 160 g/mol. The molecule has 2 rings (SSSR count). The Morgan fingerprint density at radius 3 is 2.92 bits per heavy atom. The number of aromatic nitrogens is 2. The third kappa shape index (κ3) is 1.44. The van der Waals surface area contributed by atoms with Gasteiger partial charge in [0.2, 0.25) is 0 Å². The van der Waals surface area contributed by atoms with Gasteiger partial charge in [-0.1, -0.05) is 5.16 Å². The molecule has 1 aromatic heterocycles. The van der Waals surface area contributed by atoms with E-state index in [-0.39, 0.29) is 5.89 Å². The molecule has 64 valence electrons. The number of rotatable bonds is 3. The molecule has 0 unspecified atom stereocenters. The van der Waals surface area contributed by atoms with Gasteiger partial charge >= 0.3 is 11.9 Å². The summed E-state index contributed by atoms with van der Waals surface area (Å²) in [5.74, 6) is -0.325. The van der Waals surface area contributed by atoms with Gasteiger partial charge in [0, 0.05) is 6.42 Å². The number of carboxylic acids is 1. The maximum absolute atomic E-state index is 10.3. The smallest absolute Gasteiger partial charge is 0.394 e. The van der Waals surface area contributed by atoms with Gasteiger partial charge < -0.3 is 9.63 Å². The molecule has 0 bridgehead atoms. The maximum atomic E-state index is 10.3. The minimum absolute atomic E-state index is 0.314. The van der Waals surface area contributed by atoms with Gasteiger partial charge in [0.05, 0.1) is 0 Å². The molecule has 5 heteroatoms. The minimum Gasteiger partial charge on any atom is -0.474 e. The SMILES string of the molecule is O=C(O)c1nc(CC2CC2)no1. The number of hydrogen-bond donors (Lipinski definition) is 1. The van der Waals surface area contributed by atoms with E-state index in [0.29, 0.717) is 11.7 Å². The summed E-state index contributed by atoms with van der Waals surface area (Å²) in [6.07, 6.45) is 3.13. The summed E-state index contributed by atoms with van der Waals surface area (Å²) in [6.45, 7) is 0. The predicted octanol–water partition coefficient (Wildman–Crippen LogP) is 0.720. The Morgan fingerprint density at radius 1 is 1.67 bits per heavy atom. The molecule has 0 radical (unpaired) electrons. The Balaban J connectivity index is 2.06. The summed E-state index contributed by atoms with van der Waals surface area (Å²) in [4.78, 5) is 14.0. The minimum atomic E-state index is -1.16. The summed E-state index contributed by atoms with van der Waals surface area (Å²) >= 11 is 0.